The van der Waals surface area contributed by atoms with Crippen molar-refractivity contribution in [1.29, 1.82) is 5.26 Å². The third kappa shape index (κ3) is 2.68. The smallest absolute Gasteiger partial charge is 0.129 e. The molecule has 0 heterocycles. The van der Waals surface area contributed by atoms with Gasteiger partial charge in [0.25, 0.3) is 0 Å². The average molecular weight is 245 g/mol. The van der Waals surface area contributed by atoms with Crippen LogP contribution >= 0.6 is 11.6 Å². The maximum atomic E-state index is 8.74. The Bertz CT molecular complexity index is 573. The highest BCUT2D eigenvalue weighted by Gasteiger charge is 2.02. The Labute approximate surface area is 104 Å². The monoisotopic (exact) mass is 244 g/mol. The molecule has 0 aliphatic carbocycles. The van der Waals surface area contributed by atoms with E-state index in [0.29, 0.717) is 27.8 Å². The molecule has 0 radical (unpaired) electrons. The minimum Gasteiger partial charge on any atom is -0.457 e. The number of nitrogens with two attached hydrogens (primary N) is 1. The van der Waals surface area contributed by atoms with Crippen LogP contribution in [0.3, 0.4) is 0 Å². The van der Waals surface area contributed by atoms with Crippen LogP contribution in [0.15, 0.2) is 42.5 Å². The minimum absolute atomic E-state index is 0.402. The molecule has 0 aliphatic heterocycles. The van der Waals surface area contributed by atoms with Crippen LogP contribution in [-0.4, -0.2) is 0 Å². The van der Waals surface area contributed by atoms with Gasteiger partial charge in [-0.1, -0.05) is 11.6 Å². The van der Waals surface area contributed by atoms with Crippen molar-refractivity contribution in [3.05, 3.63) is 53.1 Å². The zero-order chi connectivity index (χ0) is 12.3. The molecule has 3 nitrogen and oxygen atoms in total. The normalized spacial score (nSPS) is 9.65. The van der Waals surface area contributed by atoms with Crippen LogP contribution < -0.4 is 10.5 Å². The minimum atomic E-state index is 0.402. The van der Waals surface area contributed by atoms with Gasteiger partial charge in [0.1, 0.15) is 17.6 Å². The van der Waals surface area contributed by atoms with Gasteiger partial charge in [0, 0.05) is 11.1 Å². The summed E-state index contributed by atoms with van der Waals surface area (Å²) in [5.41, 5.74) is 6.53. The van der Waals surface area contributed by atoms with E-state index in [1.54, 1.807) is 42.5 Å². The van der Waals surface area contributed by atoms with E-state index in [9.17, 15) is 0 Å². The highest BCUT2D eigenvalue weighted by molar-refractivity contribution is 6.30. The molecule has 0 saturated carbocycles. The lowest BCUT2D eigenvalue weighted by Crippen LogP contribution is -1.91. The second-order valence-corrected chi connectivity index (χ2v) is 3.85. The van der Waals surface area contributed by atoms with Crippen molar-refractivity contribution in [2.45, 2.75) is 0 Å². The SMILES string of the molecule is N#Cc1ccc(Oc2ccc(Cl)cc2)cc1N. The van der Waals surface area contributed by atoms with Crippen molar-refractivity contribution < 1.29 is 4.74 Å². The molecule has 17 heavy (non-hydrogen) atoms. The second-order valence-electron chi connectivity index (χ2n) is 3.42. The van der Waals surface area contributed by atoms with E-state index < -0.39 is 0 Å². The van der Waals surface area contributed by atoms with Crippen LogP contribution in [0, 0.1) is 11.3 Å². The molecule has 0 atom stereocenters. The fourth-order valence-corrected chi connectivity index (χ4v) is 1.47. The van der Waals surface area contributed by atoms with Crippen LogP contribution in [0.1, 0.15) is 5.56 Å². The molecule has 0 spiro atoms. The van der Waals surface area contributed by atoms with Gasteiger partial charge in [0.15, 0.2) is 0 Å². The molecule has 0 bridgehead atoms. The number of ether oxygens (including phenoxy) is 1. The molecule has 0 unspecified atom stereocenters. The van der Waals surface area contributed by atoms with Gasteiger partial charge in [-0.3, -0.25) is 0 Å². The summed E-state index contributed by atoms with van der Waals surface area (Å²) in [5.74, 6) is 1.25. The first-order valence-electron chi connectivity index (χ1n) is 4.92. The van der Waals surface area contributed by atoms with Gasteiger partial charge in [-0.25, -0.2) is 0 Å². The molecular formula is C13H9ClN2O. The zero-order valence-electron chi connectivity index (χ0n) is 8.85. The molecular weight excluding hydrogens is 236 g/mol. The summed E-state index contributed by atoms with van der Waals surface area (Å²) in [4.78, 5) is 0. The van der Waals surface area contributed by atoms with E-state index in [1.165, 1.54) is 0 Å². The Balaban J connectivity index is 2.22. The van der Waals surface area contributed by atoms with Gasteiger partial charge >= 0.3 is 0 Å². The molecule has 0 saturated heterocycles. The molecule has 2 aromatic rings. The molecule has 4 heteroatoms. The average Bonchev–Trinajstić information content (AvgIpc) is 2.32. The zero-order valence-corrected chi connectivity index (χ0v) is 9.61. The lowest BCUT2D eigenvalue weighted by molar-refractivity contribution is 0.483. The van der Waals surface area contributed by atoms with E-state index in [-0.39, 0.29) is 0 Å². The summed E-state index contributed by atoms with van der Waals surface area (Å²) < 4.78 is 5.57. The van der Waals surface area contributed by atoms with E-state index in [0.717, 1.165) is 0 Å². The number of hydrogen-bond donors (Lipinski definition) is 1. The van der Waals surface area contributed by atoms with Crippen LogP contribution in [0.2, 0.25) is 5.02 Å². The van der Waals surface area contributed by atoms with Crippen molar-refractivity contribution in [3.63, 3.8) is 0 Å². The Morgan fingerprint density at radius 1 is 1.06 bits per heavy atom. The topological polar surface area (TPSA) is 59.0 Å². The van der Waals surface area contributed by atoms with E-state index >= 15 is 0 Å². The van der Waals surface area contributed by atoms with Crippen molar-refractivity contribution in [2.75, 3.05) is 5.73 Å². The lowest BCUT2D eigenvalue weighted by Gasteiger charge is -2.06. The van der Waals surface area contributed by atoms with Crippen LogP contribution in [0.4, 0.5) is 5.69 Å². The third-order valence-corrected chi connectivity index (χ3v) is 2.44. The predicted octanol–water partition coefficient (Wildman–Crippen LogP) is 3.59. The van der Waals surface area contributed by atoms with Gasteiger partial charge in [-0.2, -0.15) is 5.26 Å². The van der Waals surface area contributed by atoms with E-state index in [4.69, 9.17) is 27.3 Å². The summed E-state index contributed by atoms with van der Waals surface area (Å²) in [5, 5.41) is 9.39. The van der Waals surface area contributed by atoms with Crippen molar-refractivity contribution in [2.24, 2.45) is 0 Å². The summed E-state index contributed by atoms with van der Waals surface area (Å²) in [6.45, 7) is 0. The number of halogens is 1. The second kappa shape index (κ2) is 4.77. The van der Waals surface area contributed by atoms with Crippen LogP contribution in [0.5, 0.6) is 11.5 Å². The molecule has 2 N–H and O–H groups in total. The fourth-order valence-electron chi connectivity index (χ4n) is 1.34. The number of nitriles is 1. The van der Waals surface area contributed by atoms with E-state index in [1.807, 2.05) is 6.07 Å². The number of benzene rings is 2. The molecule has 84 valence electrons. The molecule has 0 fully saturated rings. The summed E-state index contributed by atoms with van der Waals surface area (Å²) in [7, 11) is 0. The van der Waals surface area contributed by atoms with E-state index in [2.05, 4.69) is 0 Å². The number of nitrogen functional groups attached to an aromatic ring is 1. The summed E-state index contributed by atoms with van der Waals surface area (Å²) in [6.07, 6.45) is 0. The number of rotatable bonds is 2. The summed E-state index contributed by atoms with van der Waals surface area (Å²) in [6, 6.07) is 13.9. The fraction of sp³-hybridized carbons (Fsp3) is 0. The first-order chi connectivity index (χ1) is 8.19. The van der Waals surface area contributed by atoms with Gasteiger partial charge in [-0.15, -0.1) is 0 Å². The summed E-state index contributed by atoms with van der Waals surface area (Å²) >= 11 is 5.77. The van der Waals surface area contributed by atoms with Gasteiger partial charge in [-0.05, 0) is 36.4 Å². The van der Waals surface area contributed by atoms with Crippen LogP contribution in [-0.2, 0) is 0 Å². The van der Waals surface area contributed by atoms with Crippen molar-refractivity contribution in [3.8, 4) is 17.6 Å². The van der Waals surface area contributed by atoms with Crippen molar-refractivity contribution >= 4 is 17.3 Å². The first-order valence-corrected chi connectivity index (χ1v) is 5.30. The lowest BCUT2D eigenvalue weighted by atomic mass is 10.2. The Morgan fingerprint density at radius 2 is 1.71 bits per heavy atom. The standard InChI is InChI=1S/C13H9ClN2O/c14-10-2-5-11(6-3-10)17-12-4-1-9(8-15)13(16)7-12/h1-7H,16H2. The number of hydrogen-bond acceptors (Lipinski definition) is 3. The van der Waals surface area contributed by atoms with Gasteiger partial charge < -0.3 is 10.5 Å². The molecule has 0 amide bonds. The maximum absolute atomic E-state index is 8.74. The largest absolute Gasteiger partial charge is 0.457 e. The molecule has 0 aliphatic rings. The molecule has 2 rings (SSSR count). The Kier molecular flexibility index (Phi) is 3.17. The Hall–Kier alpha value is -2.18. The maximum Gasteiger partial charge on any atom is 0.129 e. The quantitative estimate of drug-likeness (QED) is 0.822. The molecule has 2 aromatic carbocycles. The van der Waals surface area contributed by atoms with Crippen molar-refractivity contribution in [1.82, 2.24) is 0 Å². The van der Waals surface area contributed by atoms with Crippen LogP contribution in [0.25, 0.3) is 0 Å². The highest BCUT2D eigenvalue weighted by atomic mass is 35.5. The van der Waals surface area contributed by atoms with Gasteiger partial charge in [0.2, 0.25) is 0 Å². The molecule has 0 aromatic heterocycles. The highest BCUT2D eigenvalue weighted by Crippen LogP contribution is 2.25. The predicted molar refractivity (Wildman–Crippen MR) is 67.1 cm³/mol. The third-order valence-electron chi connectivity index (χ3n) is 2.19. The number of nitrogens with zero attached hydrogens (tertiary/aromatic N) is 1. The van der Waals surface area contributed by atoms with Gasteiger partial charge in [0.05, 0.1) is 11.3 Å². The first kappa shape index (κ1) is 11.3. The number of anilines is 1. The Morgan fingerprint density at radius 3 is 2.29 bits per heavy atom.